The second kappa shape index (κ2) is 8.10. The number of benzene rings is 1. The molecule has 1 aromatic heterocycles. The summed E-state index contributed by atoms with van der Waals surface area (Å²) in [6, 6.07) is 8.73. The third-order valence-corrected chi connectivity index (χ3v) is 5.61. The van der Waals surface area contributed by atoms with E-state index in [1.807, 2.05) is 0 Å². The molecule has 0 saturated carbocycles. The van der Waals surface area contributed by atoms with Gasteiger partial charge in [0.15, 0.2) is 0 Å². The summed E-state index contributed by atoms with van der Waals surface area (Å²) in [4.78, 5) is 9.68. The number of ether oxygens (including phenoxy) is 2. The minimum absolute atomic E-state index is 0.0428. The van der Waals surface area contributed by atoms with Crippen LogP contribution in [0.5, 0.6) is 0 Å². The van der Waals surface area contributed by atoms with Crippen molar-refractivity contribution in [1.82, 2.24) is 9.88 Å². The molecule has 0 spiro atoms. The van der Waals surface area contributed by atoms with E-state index in [4.69, 9.17) is 14.5 Å². The van der Waals surface area contributed by atoms with Crippen LogP contribution in [-0.2, 0) is 16.0 Å². The fourth-order valence-electron chi connectivity index (χ4n) is 4.04. The van der Waals surface area contributed by atoms with Gasteiger partial charge in [-0.15, -0.1) is 0 Å². The molecule has 2 saturated heterocycles. The fourth-order valence-corrected chi connectivity index (χ4v) is 4.04. The van der Waals surface area contributed by atoms with Crippen LogP contribution in [0, 0.1) is 6.92 Å². The number of nitrogens with zero attached hydrogens (tertiary/aromatic N) is 3. The molecule has 1 N–H and O–H groups in total. The van der Waals surface area contributed by atoms with Crippen molar-refractivity contribution in [3.8, 4) is 0 Å². The molecule has 0 bridgehead atoms. The standard InChI is InChI=1S/C21H29N3O3/c1-3-23(19-13-27-14-20(19)25)12-17-11-16-5-4-15(2)10-18(16)22-21(17)24-6-8-26-9-7-24/h4-5,10-11,19-20,25H,3,6-9,12-14H2,1-2H3/t19-,20-/m1/s1. The van der Waals surface area contributed by atoms with Crippen LogP contribution >= 0.6 is 0 Å². The number of likely N-dealkylation sites (N-methyl/N-ethyl adjacent to an activating group) is 1. The van der Waals surface area contributed by atoms with Crippen LogP contribution in [0.15, 0.2) is 24.3 Å². The molecule has 2 aliphatic heterocycles. The van der Waals surface area contributed by atoms with Gasteiger partial charge in [-0.2, -0.15) is 0 Å². The van der Waals surface area contributed by atoms with E-state index in [-0.39, 0.29) is 6.04 Å². The van der Waals surface area contributed by atoms with E-state index in [0.717, 1.165) is 56.1 Å². The minimum Gasteiger partial charge on any atom is -0.389 e. The maximum atomic E-state index is 10.3. The van der Waals surface area contributed by atoms with Gasteiger partial charge in [-0.1, -0.05) is 19.1 Å². The van der Waals surface area contributed by atoms with Crippen LogP contribution in [0.25, 0.3) is 10.9 Å². The Balaban J connectivity index is 1.71. The van der Waals surface area contributed by atoms with Crippen LogP contribution in [0.1, 0.15) is 18.1 Å². The Morgan fingerprint density at radius 2 is 2.00 bits per heavy atom. The van der Waals surface area contributed by atoms with Crippen LogP contribution in [0.2, 0.25) is 0 Å². The molecule has 2 aliphatic rings. The Labute approximate surface area is 160 Å². The van der Waals surface area contributed by atoms with Gasteiger partial charge < -0.3 is 19.5 Å². The maximum Gasteiger partial charge on any atom is 0.133 e. The first-order valence-electron chi connectivity index (χ1n) is 9.88. The molecule has 0 amide bonds. The van der Waals surface area contributed by atoms with Gasteiger partial charge in [-0.05, 0) is 31.2 Å². The summed E-state index contributed by atoms with van der Waals surface area (Å²) in [5.74, 6) is 1.04. The highest BCUT2D eigenvalue weighted by atomic mass is 16.5. The molecule has 146 valence electrons. The lowest BCUT2D eigenvalue weighted by molar-refractivity contribution is 0.0807. The van der Waals surface area contributed by atoms with Crippen molar-refractivity contribution in [2.75, 3.05) is 51.0 Å². The molecule has 27 heavy (non-hydrogen) atoms. The first-order valence-corrected chi connectivity index (χ1v) is 9.88. The van der Waals surface area contributed by atoms with Gasteiger partial charge in [0.1, 0.15) is 5.82 Å². The quantitative estimate of drug-likeness (QED) is 0.867. The highest BCUT2D eigenvalue weighted by molar-refractivity contribution is 5.82. The lowest BCUT2D eigenvalue weighted by atomic mass is 10.1. The lowest BCUT2D eigenvalue weighted by Gasteiger charge is -2.33. The average Bonchev–Trinajstić information content (AvgIpc) is 3.12. The number of aliphatic hydroxyl groups is 1. The molecule has 3 heterocycles. The molecule has 2 fully saturated rings. The Kier molecular flexibility index (Phi) is 5.59. The number of pyridine rings is 1. The number of morpholine rings is 1. The summed E-state index contributed by atoms with van der Waals surface area (Å²) >= 11 is 0. The van der Waals surface area contributed by atoms with E-state index in [2.05, 4.69) is 47.9 Å². The number of aliphatic hydroxyl groups excluding tert-OH is 1. The smallest absolute Gasteiger partial charge is 0.133 e. The first kappa shape index (κ1) is 18.6. The fraction of sp³-hybridized carbons (Fsp3) is 0.571. The van der Waals surface area contributed by atoms with E-state index in [1.165, 1.54) is 11.1 Å². The number of rotatable bonds is 5. The minimum atomic E-state index is -0.423. The third-order valence-electron chi connectivity index (χ3n) is 5.61. The Morgan fingerprint density at radius 3 is 2.70 bits per heavy atom. The normalized spacial score (nSPS) is 23.5. The maximum absolute atomic E-state index is 10.3. The SMILES string of the molecule is CCN(Cc1cc2ccc(C)cc2nc1N1CCOCC1)[C@@H]1COC[C@H]1O. The van der Waals surface area contributed by atoms with Crippen molar-refractivity contribution >= 4 is 16.7 Å². The molecule has 6 heteroatoms. The van der Waals surface area contributed by atoms with Crippen LogP contribution < -0.4 is 4.90 Å². The van der Waals surface area contributed by atoms with Crippen molar-refractivity contribution in [2.24, 2.45) is 0 Å². The van der Waals surface area contributed by atoms with E-state index >= 15 is 0 Å². The number of anilines is 1. The average molecular weight is 371 g/mol. The van der Waals surface area contributed by atoms with Gasteiger partial charge >= 0.3 is 0 Å². The van der Waals surface area contributed by atoms with Crippen LogP contribution in [0.4, 0.5) is 5.82 Å². The third kappa shape index (κ3) is 3.94. The zero-order chi connectivity index (χ0) is 18.8. The van der Waals surface area contributed by atoms with Crippen molar-refractivity contribution in [3.63, 3.8) is 0 Å². The number of aryl methyl sites for hydroxylation is 1. The van der Waals surface area contributed by atoms with Gasteiger partial charge in [0.05, 0.1) is 44.1 Å². The monoisotopic (exact) mass is 371 g/mol. The molecule has 0 unspecified atom stereocenters. The van der Waals surface area contributed by atoms with Gasteiger partial charge in [0, 0.05) is 30.6 Å². The largest absolute Gasteiger partial charge is 0.389 e. The lowest BCUT2D eigenvalue weighted by Crippen LogP contribution is -2.43. The molecule has 4 rings (SSSR count). The first-order chi connectivity index (χ1) is 13.2. The second-order valence-corrected chi connectivity index (χ2v) is 7.50. The molecule has 2 aromatic rings. The molecule has 0 aliphatic carbocycles. The zero-order valence-electron chi connectivity index (χ0n) is 16.2. The van der Waals surface area contributed by atoms with Crippen LogP contribution in [0.3, 0.4) is 0 Å². The summed E-state index contributed by atoms with van der Waals surface area (Å²) in [7, 11) is 0. The van der Waals surface area contributed by atoms with Crippen LogP contribution in [-0.4, -0.2) is 73.2 Å². The number of aromatic nitrogens is 1. The number of hydrogen-bond acceptors (Lipinski definition) is 6. The van der Waals surface area contributed by atoms with E-state index < -0.39 is 6.10 Å². The molecular formula is C21H29N3O3. The number of fused-ring (bicyclic) bond motifs is 1. The number of hydrogen-bond donors (Lipinski definition) is 1. The predicted molar refractivity (Wildman–Crippen MR) is 106 cm³/mol. The van der Waals surface area contributed by atoms with E-state index in [9.17, 15) is 5.11 Å². The van der Waals surface area contributed by atoms with Gasteiger partial charge in [0.25, 0.3) is 0 Å². The highest BCUT2D eigenvalue weighted by Gasteiger charge is 2.31. The Bertz CT molecular complexity index is 792. The zero-order valence-corrected chi connectivity index (χ0v) is 16.2. The van der Waals surface area contributed by atoms with Gasteiger partial charge in [-0.25, -0.2) is 4.98 Å². The molecule has 0 radical (unpaired) electrons. The summed E-state index contributed by atoms with van der Waals surface area (Å²) < 4.78 is 11.0. The molecule has 2 atom stereocenters. The van der Waals surface area contributed by atoms with Crippen molar-refractivity contribution in [3.05, 3.63) is 35.4 Å². The Morgan fingerprint density at radius 1 is 1.19 bits per heavy atom. The highest BCUT2D eigenvalue weighted by Crippen LogP contribution is 2.28. The Hall–Kier alpha value is -1.73. The van der Waals surface area contributed by atoms with Crippen molar-refractivity contribution < 1.29 is 14.6 Å². The van der Waals surface area contributed by atoms with Crippen molar-refractivity contribution in [2.45, 2.75) is 32.5 Å². The topological polar surface area (TPSA) is 58.1 Å². The summed E-state index contributed by atoms with van der Waals surface area (Å²) in [6.45, 7) is 10.1. The van der Waals surface area contributed by atoms with Crippen molar-refractivity contribution in [1.29, 1.82) is 0 Å². The predicted octanol–water partition coefficient (Wildman–Crippen LogP) is 1.96. The van der Waals surface area contributed by atoms with E-state index in [1.54, 1.807) is 0 Å². The summed E-state index contributed by atoms with van der Waals surface area (Å²) in [5, 5.41) is 11.4. The summed E-state index contributed by atoms with van der Waals surface area (Å²) in [5.41, 5.74) is 3.46. The summed E-state index contributed by atoms with van der Waals surface area (Å²) in [6.07, 6.45) is -0.423. The van der Waals surface area contributed by atoms with E-state index in [0.29, 0.717) is 13.2 Å². The second-order valence-electron chi connectivity index (χ2n) is 7.50. The molecule has 6 nitrogen and oxygen atoms in total. The molecule has 1 aromatic carbocycles. The van der Waals surface area contributed by atoms with Gasteiger partial charge in [0.2, 0.25) is 0 Å². The molecular weight excluding hydrogens is 342 g/mol. The van der Waals surface area contributed by atoms with Gasteiger partial charge in [-0.3, -0.25) is 4.90 Å².